The lowest BCUT2D eigenvalue weighted by Gasteiger charge is -2.22. The monoisotopic (exact) mass is 344 g/mol. The summed E-state index contributed by atoms with van der Waals surface area (Å²) in [5, 5.41) is 3.05. The Bertz CT molecular complexity index is 642. The van der Waals surface area contributed by atoms with Gasteiger partial charge in [-0.05, 0) is 31.4 Å². The van der Waals surface area contributed by atoms with Gasteiger partial charge in [0.15, 0.2) is 5.17 Å². The molecule has 0 saturated carbocycles. The number of halogens is 3. The Labute approximate surface area is 137 Å². The molecule has 7 heteroatoms. The summed E-state index contributed by atoms with van der Waals surface area (Å²) in [6, 6.07) is 4.67. The van der Waals surface area contributed by atoms with Crippen LogP contribution in [0, 0.1) is 5.92 Å². The van der Waals surface area contributed by atoms with Crippen molar-refractivity contribution in [3.05, 3.63) is 35.4 Å². The molecule has 2 rings (SSSR count). The van der Waals surface area contributed by atoms with E-state index in [2.05, 4.69) is 10.3 Å². The van der Waals surface area contributed by atoms with E-state index < -0.39 is 22.5 Å². The highest BCUT2D eigenvalue weighted by molar-refractivity contribution is 8.16. The summed E-state index contributed by atoms with van der Waals surface area (Å²) in [6.07, 6.45) is -4.43. The zero-order valence-corrected chi connectivity index (χ0v) is 14.2. The molecule has 0 spiro atoms. The molecular formula is C16H19F3N2OS. The second kappa shape index (κ2) is 6.19. The fourth-order valence-corrected chi connectivity index (χ4v) is 3.43. The number of carbonyl (C=O) groups excluding carboxylic acids is 1. The van der Waals surface area contributed by atoms with Crippen LogP contribution in [-0.4, -0.2) is 15.8 Å². The topological polar surface area (TPSA) is 41.5 Å². The lowest BCUT2D eigenvalue weighted by Crippen LogP contribution is -2.38. The Morgan fingerprint density at radius 3 is 2.35 bits per heavy atom. The number of amidine groups is 1. The molecule has 0 bridgehead atoms. The maximum Gasteiger partial charge on any atom is 0.416 e. The Morgan fingerprint density at radius 2 is 1.83 bits per heavy atom. The molecule has 0 aromatic heterocycles. The van der Waals surface area contributed by atoms with Crippen LogP contribution >= 0.6 is 11.8 Å². The zero-order valence-electron chi connectivity index (χ0n) is 13.4. The highest BCUT2D eigenvalue weighted by Crippen LogP contribution is 2.40. The Morgan fingerprint density at radius 1 is 1.22 bits per heavy atom. The van der Waals surface area contributed by atoms with Gasteiger partial charge in [-0.25, -0.2) is 0 Å². The maximum absolute atomic E-state index is 13.1. The van der Waals surface area contributed by atoms with Crippen LogP contribution in [0.1, 0.15) is 44.9 Å². The van der Waals surface area contributed by atoms with Gasteiger partial charge in [0.25, 0.3) is 0 Å². The molecule has 23 heavy (non-hydrogen) atoms. The van der Waals surface area contributed by atoms with Crippen molar-refractivity contribution in [3.8, 4) is 0 Å². The fraction of sp³-hybridized carbons (Fsp3) is 0.500. The molecule has 0 unspecified atom stereocenters. The van der Waals surface area contributed by atoms with Crippen molar-refractivity contribution in [2.24, 2.45) is 10.9 Å². The first kappa shape index (κ1) is 17.8. The minimum absolute atomic E-state index is 0.0815. The number of rotatable bonds is 3. The van der Waals surface area contributed by atoms with Gasteiger partial charge >= 0.3 is 6.18 Å². The first-order valence-electron chi connectivity index (χ1n) is 7.30. The van der Waals surface area contributed by atoms with E-state index in [4.69, 9.17) is 0 Å². The zero-order chi connectivity index (χ0) is 17.4. The van der Waals surface area contributed by atoms with Crippen molar-refractivity contribution >= 4 is 22.8 Å². The Kier molecular flexibility index (Phi) is 4.80. The van der Waals surface area contributed by atoms with Gasteiger partial charge in [0.1, 0.15) is 4.75 Å². The molecule has 0 radical (unpaired) electrons. The van der Waals surface area contributed by atoms with E-state index in [1.54, 1.807) is 13.0 Å². The minimum Gasteiger partial charge on any atom is -0.304 e. The number of thioether (sulfide) groups is 1. The van der Waals surface area contributed by atoms with Crippen LogP contribution in [0.25, 0.3) is 0 Å². The van der Waals surface area contributed by atoms with E-state index in [0.717, 1.165) is 6.07 Å². The van der Waals surface area contributed by atoms with Crippen molar-refractivity contribution in [3.63, 3.8) is 0 Å². The van der Waals surface area contributed by atoms with E-state index in [0.29, 0.717) is 5.17 Å². The second-order valence-corrected chi connectivity index (χ2v) is 7.45. The average molecular weight is 344 g/mol. The van der Waals surface area contributed by atoms with Gasteiger partial charge < -0.3 is 5.32 Å². The second-order valence-electron chi connectivity index (χ2n) is 6.01. The van der Waals surface area contributed by atoms with Crippen molar-refractivity contribution in [1.29, 1.82) is 0 Å². The van der Waals surface area contributed by atoms with Crippen molar-refractivity contribution in [2.75, 3.05) is 0 Å². The predicted molar refractivity (Wildman–Crippen MR) is 86.3 cm³/mol. The lowest BCUT2D eigenvalue weighted by atomic mass is 9.96. The van der Waals surface area contributed by atoms with Crippen molar-refractivity contribution in [2.45, 2.75) is 44.7 Å². The third-order valence-electron chi connectivity index (χ3n) is 4.11. The highest BCUT2D eigenvalue weighted by atomic mass is 32.2. The van der Waals surface area contributed by atoms with Crippen LogP contribution in [0.2, 0.25) is 0 Å². The molecule has 1 aromatic rings. The van der Waals surface area contributed by atoms with Gasteiger partial charge in [0, 0.05) is 0 Å². The summed E-state index contributed by atoms with van der Waals surface area (Å²) in [4.78, 5) is 16.4. The van der Waals surface area contributed by atoms with Gasteiger partial charge in [-0.15, -0.1) is 0 Å². The molecule has 2 atom stereocenters. The van der Waals surface area contributed by atoms with E-state index in [1.165, 1.54) is 23.9 Å². The first-order valence-corrected chi connectivity index (χ1v) is 8.11. The number of benzene rings is 1. The molecule has 1 amide bonds. The van der Waals surface area contributed by atoms with Crippen LogP contribution in [0.5, 0.6) is 0 Å². The van der Waals surface area contributed by atoms with Crippen LogP contribution < -0.4 is 5.32 Å². The van der Waals surface area contributed by atoms with E-state index >= 15 is 0 Å². The first-order chi connectivity index (χ1) is 10.6. The quantitative estimate of drug-likeness (QED) is 0.883. The lowest BCUT2D eigenvalue weighted by molar-refractivity contribution is -0.138. The molecule has 1 aromatic carbocycles. The van der Waals surface area contributed by atoms with Gasteiger partial charge in [0.2, 0.25) is 5.91 Å². The molecule has 1 aliphatic rings. The summed E-state index contributed by atoms with van der Waals surface area (Å²) in [5.74, 6) is -0.0782. The molecule has 1 fully saturated rings. The molecule has 0 aliphatic carbocycles. The number of hydrogen-bond donors (Lipinski definition) is 1. The average Bonchev–Trinajstić information content (AvgIpc) is 2.74. The molecule has 1 aliphatic heterocycles. The number of nitrogens with zero attached hydrogens (tertiary/aromatic N) is 1. The number of nitrogens with one attached hydrogen (secondary N) is 1. The number of alkyl halides is 3. The third kappa shape index (κ3) is 3.54. The number of carbonyl (C=O) groups is 1. The summed E-state index contributed by atoms with van der Waals surface area (Å²) >= 11 is 1.27. The SMILES string of the molecule is CC(C)[C@]1(C)SC(=N[C@@H](C)c2ccccc2C(F)(F)F)NC1=O. The summed E-state index contributed by atoms with van der Waals surface area (Å²) in [6.45, 7) is 7.26. The molecule has 126 valence electrons. The van der Waals surface area contributed by atoms with E-state index in [1.807, 2.05) is 20.8 Å². The molecule has 3 nitrogen and oxygen atoms in total. The third-order valence-corrected chi connectivity index (χ3v) is 5.59. The maximum atomic E-state index is 13.1. The number of hydrogen-bond acceptors (Lipinski definition) is 3. The van der Waals surface area contributed by atoms with Gasteiger partial charge in [0.05, 0.1) is 11.6 Å². The van der Waals surface area contributed by atoms with Crippen LogP contribution in [0.4, 0.5) is 13.2 Å². The van der Waals surface area contributed by atoms with Crippen molar-refractivity contribution < 1.29 is 18.0 Å². The summed E-state index contributed by atoms with van der Waals surface area (Å²) in [7, 11) is 0. The Hall–Kier alpha value is -1.50. The molecule has 1 saturated heterocycles. The minimum atomic E-state index is -4.43. The summed E-state index contributed by atoms with van der Waals surface area (Å²) in [5.41, 5.74) is -0.599. The van der Waals surface area contributed by atoms with Crippen LogP contribution in [-0.2, 0) is 11.0 Å². The fourth-order valence-electron chi connectivity index (χ4n) is 2.30. The van der Waals surface area contributed by atoms with Crippen LogP contribution in [0.15, 0.2) is 29.3 Å². The predicted octanol–water partition coefficient (Wildman–Crippen LogP) is 4.40. The summed E-state index contributed by atoms with van der Waals surface area (Å²) < 4.78 is 38.6. The van der Waals surface area contributed by atoms with E-state index in [-0.39, 0.29) is 17.4 Å². The Balaban J connectivity index is 2.31. The van der Waals surface area contributed by atoms with Crippen LogP contribution in [0.3, 0.4) is 0 Å². The largest absolute Gasteiger partial charge is 0.416 e. The van der Waals surface area contributed by atoms with Gasteiger partial charge in [-0.3, -0.25) is 9.79 Å². The number of aliphatic imine (C=N–C) groups is 1. The molecule has 1 N–H and O–H groups in total. The smallest absolute Gasteiger partial charge is 0.304 e. The standard InChI is InChI=1S/C16H19F3N2OS/c1-9(2)15(4)13(22)21-14(23-15)20-10(3)11-7-5-6-8-12(11)16(17,18)19/h5-10H,1-4H3,(H,20,21,22)/t10-,15-/m0/s1. The molecular weight excluding hydrogens is 325 g/mol. The van der Waals surface area contributed by atoms with Crippen molar-refractivity contribution in [1.82, 2.24) is 5.32 Å². The van der Waals surface area contributed by atoms with Gasteiger partial charge in [-0.2, -0.15) is 13.2 Å². The number of amides is 1. The van der Waals surface area contributed by atoms with E-state index in [9.17, 15) is 18.0 Å². The van der Waals surface area contributed by atoms with Gasteiger partial charge in [-0.1, -0.05) is 43.8 Å². The normalized spacial score (nSPS) is 25.0. The molecule has 1 heterocycles. The highest BCUT2D eigenvalue weighted by Gasteiger charge is 2.45.